The van der Waals surface area contributed by atoms with E-state index in [1.54, 1.807) is 0 Å². The molecular formula is C13H22N2O2. The SMILES string of the molecule is COC(=O)CCCCc1cc(C(C)C)n(C)n1. The molecule has 96 valence electrons. The van der Waals surface area contributed by atoms with Crippen LogP contribution < -0.4 is 0 Å². The molecule has 0 spiro atoms. The van der Waals surface area contributed by atoms with E-state index in [9.17, 15) is 4.79 Å². The number of aromatic nitrogens is 2. The molecule has 0 saturated heterocycles. The van der Waals surface area contributed by atoms with Crippen LogP contribution in [0.3, 0.4) is 0 Å². The van der Waals surface area contributed by atoms with Gasteiger partial charge in [-0.15, -0.1) is 0 Å². The number of unbranched alkanes of at least 4 members (excludes halogenated alkanes) is 1. The Bertz CT molecular complexity index is 369. The van der Waals surface area contributed by atoms with Gasteiger partial charge in [-0.25, -0.2) is 0 Å². The van der Waals surface area contributed by atoms with Crippen molar-refractivity contribution in [1.82, 2.24) is 9.78 Å². The summed E-state index contributed by atoms with van der Waals surface area (Å²) in [4.78, 5) is 10.9. The van der Waals surface area contributed by atoms with Crippen LogP contribution >= 0.6 is 0 Å². The lowest BCUT2D eigenvalue weighted by Crippen LogP contribution is -2.00. The highest BCUT2D eigenvalue weighted by Crippen LogP contribution is 2.16. The zero-order valence-electron chi connectivity index (χ0n) is 11.2. The van der Waals surface area contributed by atoms with Crippen LogP contribution in [0.25, 0.3) is 0 Å². The van der Waals surface area contributed by atoms with E-state index in [4.69, 9.17) is 0 Å². The Labute approximate surface area is 103 Å². The second kappa shape index (κ2) is 6.42. The molecule has 0 N–H and O–H groups in total. The third kappa shape index (κ3) is 4.21. The number of carbonyl (C=O) groups excluding carboxylic acids is 1. The molecule has 1 aromatic heterocycles. The number of hydrogen-bond acceptors (Lipinski definition) is 3. The summed E-state index contributed by atoms with van der Waals surface area (Å²) < 4.78 is 6.54. The molecule has 0 fully saturated rings. The largest absolute Gasteiger partial charge is 0.469 e. The van der Waals surface area contributed by atoms with Crippen LogP contribution in [0.15, 0.2) is 6.07 Å². The van der Waals surface area contributed by atoms with Gasteiger partial charge < -0.3 is 4.74 Å². The Morgan fingerprint density at radius 3 is 2.71 bits per heavy atom. The van der Waals surface area contributed by atoms with Crippen molar-refractivity contribution in [3.8, 4) is 0 Å². The van der Waals surface area contributed by atoms with E-state index in [1.807, 2.05) is 11.7 Å². The highest BCUT2D eigenvalue weighted by atomic mass is 16.5. The molecule has 4 nitrogen and oxygen atoms in total. The van der Waals surface area contributed by atoms with Crippen molar-refractivity contribution in [2.75, 3.05) is 7.11 Å². The molecule has 0 atom stereocenters. The van der Waals surface area contributed by atoms with Gasteiger partial charge in [-0.3, -0.25) is 9.48 Å². The fourth-order valence-electron chi connectivity index (χ4n) is 1.88. The topological polar surface area (TPSA) is 44.1 Å². The van der Waals surface area contributed by atoms with E-state index in [1.165, 1.54) is 12.8 Å². The maximum atomic E-state index is 10.9. The monoisotopic (exact) mass is 238 g/mol. The lowest BCUT2D eigenvalue weighted by Gasteiger charge is -2.02. The quantitative estimate of drug-likeness (QED) is 0.564. The van der Waals surface area contributed by atoms with Crippen LogP contribution in [0.4, 0.5) is 0 Å². The van der Waals surface area contributed by atoms with Gasteiger partial charge in [0.15, 0.2) is 0 Å². The average molecular weight is 238 g/mol. The predicted octanol–water partition coefficient (Wildman–Crippen LogP) is 2.43. The second-order valence-electron chi connectivity index (χ2n) is 4.62. The summed E-state index contributed by atoms with van der Waals surface area (Å²) in [7, 11) is 3.41. The zero-order valence-corrected chi connectivity index (χ0v) is 11.2. The van der Waals surface area contributed by atoms with Crippen LogP contribution in [-0.2, 0) is 23.0 Å². The second-order valence-corrected chi connectivity index (χ2v) is 4.62. The van der Waals surface area contributed by atoms with Gasteiger partial charge in [0, 0.05) is 19.2 Å². The zero-order chi connectivity index (χ0) is 12.8. The van der Waals surface area contributed by atoms with E-state index in [2.05, 4.69) is 29.7 Å². The first-order chi connectivity index (χ1) is 8.04. The van der Waals surface area contributed by atoms with Crippen LogP contribution in [0, 0.1) is 0 Å². The van der Waals surface area contributed by atoms with Gasteiger partial charge in [-0.1, -0.05) is 13.8 Å². The number of carbonyl (C=O) groups is 1. The number of rotatable bonds is 6. The Kier molecular flexibility index (Phi) is 5.19. The normalized spacial score (nSPS) is 10.9. The molecular weight excluding hydrogens is 216 g/mol. The van der Waals surface area contributed by atoms with Gasteiger partial charge in [0.25, 0.3) is 0 Å². The molecule has 0 bridgehead atoms. The highest BCUT2D eigenvalue weighted by molar-refractivity contribution is 5.68. The van der Waals surface area contributed by atoms with Gasteiger partial charge in [-0.05, 0) is 31.2 Å². The predicted molar refractivity (Wildman–Crippen MR) is 66.9 cm³/mol. The maximum Gasteiger partial charge on any atom is 0.305 e. The summed E-state index contributed by atoms with van der Waals surface area (Å²) in [5.74, 6) is 0.366. The minimum absolute atomic E-state index is 0.131. The molecule has 1 aromatic rings. The molecule has 4 heteroatoms. The van der Waals surface area contributed by atoms with E-state index >= 15 is 0 Å². The Morgan fingerprint density at radius 1 is 1.47 bits per heavy atom. The smallest absolute Gasteiger partial charge is 0.305 e. The Morgan fingerprint density at radius 2 is 2.18 bits per heavy atom. The Hall–Kier alpha value is -1.32. The van der Waals surface area contributed by atoms with E-state index in [-0.39, 0.29) is 5.97 Å². The third-order valence-corrected chi connectivity index (χ3v) is 2.85. The fourth-order valence-corrected chi connectivity index (χ4v) is 1.88. The van der Waals surface area contributed by atoms with Crippen molar-refractivity contribution in [3.63, 3.8) is 0 Å². The molecule has 1 heterocycles. The lowest BCUT2D eigenvalue weighted by atomic mass is 10.1. The molecule has 0 aliphatic carbocycles. The molecule has 0 radical (unpaired) electrons. The number of ether oxygens (including phenoxy) is 1. The summed E-state index contributed by atoms with van der Waals surface area (Å²) in [6.07, 6.45) is 3.27. The molecule has 0 saturated carbocycles. The van der Waals surface area contributed by atoms with Crippen molar-refractivity contribution in [1.29, 1.82) is 0 Å². The van der Waals surface area contributed by atoms with Crippen LogP contribution in [0.2, 0.25) is 0 Å². The van der Waals surface area contributed by atoms with Gasteiger partial charge >= 0.3 is 5.97 Å². The van der Waals surface area contributed by atoms with Gasteiger partial charge in [0.05, 0.1) is 12.8 Å². The average Bonchev–Trinajstić information content (AvgIpc) is 2.65. The van der Waals surface area contributed by atoms with Crippen molar-refractivity contribution < 1.29 is 9.53 Å². The number of aryl methyl sites for hydroxylation is 2. The number of esters is 1. The maximum absolute atomic E-state index is 10.9. The van der Waals surface area contributed by atoms with Crippen molar-refractivity contribution in [2.45, 2.75) is 45.4 Å². The summed E-state index contributed by atoms with van der Waals surface area (Å²) in [6.45, 7) is 4.33. The third-order valence-electron chi connectivity index (χ3n) is 2.85. The lowest BCUT2D eigenvalue weighted by molar-refractivity contribution is -0.140. The van der Waals surface area contributed by atoms with Crippen LogP contribution in [-0.4, -0.2) is 22.9 Å². The van der Waals surface area contributed by atoms with Gasteiger partial charge in [0.1, 0.15) is 0 Å². The molecule has 1 rings (SSSR count). The number of nitrogens with zero attached hydrogens (tertiary/aromatic N) is 2. The minimum Gasteiger partial charge on any atom is -0.469 e. The molecule has 0 aromatic carbocycles. The summed E-state index contributed by atoms with van der Waals surface area (Å²) in [6, 6.07) is 2.16. The van der Waals surface area contributed by atoms with Crippen molar-refractivity contribution >= 4 is 5.97 Å². The molecule has 0 amide bonds. The van der Waals surface area contributed by atoms with E-state index in [0.717, 1.165) is 25.0 Å². The first-order valence-electron chi connectivity index (χ1n) is 6.14. The van der Waals surface area contributed by atoms with Crippen LogP contribution in [0.1, 0.15) is 50.4 Å². The first kappa shape index (κ1) is 13.7. The van der Waals surface area contributed by atoms with Crippen LogP contribution in [0.5, 0.6) is 0 Å². The van der Waals surface area contributed by atoms with Crippen molar-refractivity contribution in [2.24, 2.45) is 7.05 Å². The molecule has 0 aliphatic rings. The van der Waals surface area contributed by atoms with Gasteiger partial charge in [0.2, 0.25) is 0 Å². The minimum atomic E-state index is -0.131. The van der Waals surface area contributed by atoms with Crippen molar-refractivity contribution in [3.05, 3.63) is 17.5 Å². The Balaban J connectivity index is 2.37. The summed E-state index contributed by atoms with van der Waals surface area (Å²) in [5, 5.41) is 4.47. The number of methoxy groups -OCH3 is 1. The highest BCUT2D eigenvalue weighted by Gasteiger charge is 2.08. The van der Waals surface area contributed by atoms with Gasteiger partial charge in [-0.2, -0.15) is 5.10 Å². The standard InChI is InChI=1S/C13H22N2O2/c1-10(2)12-9-11(14-15(12)3)7-5-6-8-13(16)17-4/h9-10H,5-8H2,1-4H3. The molecule has 0 unspecified atom stereocenters. The van der Waals surface area contributed by atoms with E-state index in [0.29, 0.717) is 12.3 Å². The molecule has 0 aliphatic heterocycles. The summed E-state index contributed by atoms with van der Waals surface area (Å²) >= 11 is 0. The number of hydrogen-bond donors (Lipinski definition) is 0. The van der Waals surface area contributed by atoms with E-state index < -0.39 is 0 Å². The first-order valence-corrected chi connectivity index (χ1v) is 6.14. The molecule has 17 heavy (non-hydrogen) atoms. The summed E-state index contributed by atoms with van der Waals surface area (Å²) in [5.41, 5.74) is 2.37. The fraction of sp³-hybridized carbons (Fsp3) is 0.692.